The Bertz CT molecular complexity index is 393. The number of carbonyl (C=O) groups is 1. The minimum atomic E-state index is -0.101. The third-order valence-corrected chi connectivity index (χ3v) is 2.96. The molecule has 0 bridgehead atoms. The second-order valence-electron chi connectivity index (χ2n) is 4.25. The van der Waals surface area contributed by atoms with E-state index >= 15 is 0 Å². The van der Waals surface area contributed by atoms with Gasteiger partial charge in [-0.1, -0.05) is 31.4 Å². The molecule has 1 aromatic rings. The molecule has 0 spiro atoms. The van der Waals surface area contributed by atoms with Crippen LogP contribution in [-0.2, 0) is 0 Å². The quantitative estimate of drug-likeness (QED) is 0.793. The molecule has 17 heavy (non-hydrogen) atoms. The molecular weight excluding hydrogens is 236 g/mol. The van der Waals surface area contributed by atoms with Crippen molar-refractivity contribution >= 4 is 23.2 Å². The summed E-state index contributed by atoms with van der Waals surface area (Å²) in [6, 6.07) is 5.11. The van der Waals surface area contributed by atoms with E-state index in [1.807, 2.05) is 6.92 Å². The summed E-state index contributed by atoms with van der Waals surface area (Å²) in [6.07, 6.45) is 3.24. The highest BCUT2D eigenvalue weighted by molar-refractivity contribution is 6.33. The van der Waals surface area contributed by atoms with E-state index < -0.39 is 0 Å². The largest absolute Gasteiger partial charge is 0.398 e. The third-order valence-electron chi connectivity index (χ3n) is 2.63. The molecule has 1 unspecified atom stereocenters. The van der Waals surface area contributed by atoms with Crippen molar-refractivity contribution in [1.82, 2.24) is 5.32 Å². The number of halogens is 1. The molecule has 0 radical (unpaired) electrons. The SMILES string of the molecule is CCCCC(C)NC(=O)c1ccc(N)c(Cl)c1. The zero-order valence-electron chi connectivity index (χ0n) is 10.3. The van der Waals surface area contributed by atoms with Gasteiger partial charge in [0, 0.05) is 11.6 Å². The Hall–Kier alpha value is -1.22. The zero-order valence-corrected chi connectivity index (χ0v) is 11.1. The molecule has 94 valence electrons. The molecule has 3 nitrogen and oxygen atoms in total. The summed E-state index contributed by atoms with van der Waals surface area (Å²) in [7, 11) is 0. The van der Waals surface area contributed by atoms with E-state index in [9.17, 15) is 4.79 Å². The van der Waals surface area contributed by atoms with Crippen molar-refractivity contribution in [2.75, 3.05) is 5.73 Å². The number of anilines is 1. The molecule has 1 atom stereocenters. The maximum atomic E-state index is 11.9. The molecule has 0 saturated carbocycles. The lowest BCUT2D eigenvalue weighted by molar-refractivity contribution is 0.0938. The van der Waals surface area contributed by atoms with Gasteiger partial charge in [-0.3, -0.25) is 4.79 Å². The first-order valence-electron chi connectivity index (χ1n) is 5.90. The lowest BCUT2D eigenvalue weighted by Crippen LogP contribution is -2.32. The van der Waals surface area contributed by atoms with E-state index in [0.717, 1.165) is 19.3 Å². The molecule has 0 aromatic heterocycles. The first kappa shape index (κ1) is 13.8. The molecule has 1 aromatic carbocycles. The van der Waals surface area contributed by atoms with E-state index in [2.05, 4.69) is 12.2 Å². The average molecular weight is 255 g/mol. The van der Waals surface area contributed by atoms with Crippen molar-refractivity contribution < 1.29 is 4.79 Å². The monoisotopic (exact) mass is 254 g/mol. The predicted molar refractivity (Wildman–Crippen MR) is 72.3 cm³/mol. The van der Waals surface area contributed by atoms with Crippen LogP contribution in [0.25, 0.3) is 0 Å². The number of benzene rings is 1. The van der Waals surface area contributed by atoms with Gasteiger partial charge in [0.1, 0.15) is 0 Å². The standard InChI is InChI=1S/C13H19ClN2O/c1-3-4-5-9(2)16-13(17)10-6-7-12(15)11(14)8-10/h6-9H,3-5,15H2,1-2H3,(H,16,17). The summed E-state index contributed by atoms with van der Waals surface area (Å²) in [5.41, 5.74) is 6.63. The van der Waals surface area contributed by atoms with E-state index in [1.165, 1.54) is 0 Å². The number of carbonyl (C=O) groups excluding carboxylic acids is 1. The highest BCUT2D eigenvalue weighted by Crippen LogP contribution is 2.19. The van der Waals surface area contributed by atoms with Crippen LogP contribution in [0.3, 0.4) is 0 Å². The first-order valence-corrected chi connectivity index (χ1v) is 6.28. The van der Waals surface area contributed by atoms with Crippen LogP contribution < -0.4 is 11.1 Å². The lowest BCUT2D eigenvalue weighted by Gasteiger charge is -2.13. The maximum Gasteiger partial charge on any atom is 0.251 e. The molecule has 0 fully saturated rings. The number of nitrogens with two attached hydrogens (primary N) is 1. The van der Waals surface area contributed by atoms with E-state index in [1.54, 1.807) is 18.2 Å². The number of hydrogen-bond donors (Lipinski definition) is 2. The van der Waals surface area contributed by atoms with Gasteiger partial charge in [0.15, 0.2) is 0 Å². The van der Waals surface area contributed by atoms with Crippen LogP contribution in [0.1, 0.15) is 43.5 Å². The van der Waals surface area contributed by atoms with Crippen LogP contribution >= 0.6 is 11.6 Å². The van der Waals surface area contributed by atoms with Crippen molar-refractivity contribution in [3.8, 4) is 0 Å². The van der Waals surface area contributed by atoms with Gasteiger partial charge in [-0.25, -0.2) is 0 Å². The van der Waals surface area contributed by atoms with Crippen molar-refractivity contribution in [1.29, 1.82) is 0 Å². The Morgan fingerprint density at radius 2 is 2.24 bits per heavy atom. The number of amides is 1. The van der Waals surface area contributed by atoms with Gasteiger partial charge in [0.2, 0.25) is 0 Å². The Balaban J connectivity index is 2.60. The normalized spacial score (nSPS) is 12.2. The molecule has 1 amide bonds. The Morgan fingerprint density at radius 1 is 1.53 bits per heavy atom. The predicted octanol–water partition coefficient (Wildman–Crippen LogP) is 3.23. The fourth-order valence-corrected chi connectivity index (χ4v) is 1.74. The van der Waals surface area contributed by atoms with Crippen molar-refractivity contribution in [3.63, 3.8) is 0 Å². The fraction of sp³-hybridized carbons (Fsp3) is 0.462. The molecule has 3 N–H and O–H groups in total. The number of unbranched alkanes of at least 4 members (excludes halogenated alkanes) is 1. The van der Waals surface area contributed by atoms with Gasteiger partial charge in [-0.05, 0) is 31.5 Å². The van der Waals surface area contributed by atoms with Crippen LogP contribution in [0.5, 0.6) is 0 Å². The highest BCUT2D eigenvalue weighted by Gasteiger charge is 2.10. The summed E-state index contributed by atoms with van der Waals surface area (Å²) in [4.78, 5) is 11.9. The van der Waals surface area contributed by atoms with E-state index in [0.29, 0.717) is 16.3 Å². The molecule has 0 saturated heterocycles. The van der Waals surface area contributed by atoms with Crippen LogP contribution in [0, 0.1) is 0 Å². The molecule has 0 aliphatic rings. The number of rotatable bonds is 5. The third kappa shape index (κ3) is 4.27. The minimum absolute atomic E-state index is 0.101. The van der Waals surface area contributed by atoms with E-state index in [4.69, 9.17) is 17.3 Å². The summed E-state index contributed by atoms with van der Waals surface area (Å²) in [5.74, 6) is -0.101. The van der Waals surface area contributed by atoms with Gasteiger partial charge in [0.05, 0.1) is 10.7 Å². The second kappa shape index (κ2) is 6.50. The van der Waals surface area contributed by atoms with Crippen molar-refractivity contribution in [2.24, 2.45) is 0 Å². The Morgan fingerprint density at radius 3 is 2.82 bits per heavy atom. The Kier molecular flexibility index (Phi) is 5.29. The number of nitrogen functional groups attached to an aromatic ring is 1. The number of hydrogen-bond acceptors (Lipinski definition) is 2. The molecule has 0 aliphatic heterocycles. The number of nitrogens with one attached hydrogen (secondary N) is 1. The Labute approximate surface area is 107 Å². The van der Waals surface area contributed by atoms with Gasteiger partial charge in [-0.15, -0.1) is 0 Å². The topological polar surface area (TPSA) is 55.1 Å². The van der Waals surface area contributed by atoms with Gasteiger partial charge in [-0.2, -0.15) is 0 Å². The van der Waals surface area contributed by atoms with Crippen molar-refractivity contribution in [2.45, 2.75) is 39.2 Å². The fourth-order valence-electron chi connectivity index (χ4n) is 1.56. The van der Waals surface area contributed by atoms with Gasteiger partial charge < -0.3 is 11.1 Å². The summed E-state index contributed by atoms with van der Waals surface area (Å²) in [6.45, 7) is 4.14. The highest BCUT2D eigenvalue weighted by atomic mass is 35.5. The van der Waals surface area contributed by atoms with Crippen LogP contribution in [0.4, 0.5) is 5.69 Å². The molecule has 4 heteroatoms. The maximum absolute atomic E-state index is 11.9. The van der Waals surface area contributed by atoms with Crippen LogP contribution in [-0.4, -0.2) is 11.9 Å². The minimum Gasteiger partial charge on any atom is -0.398 e. The average Bonchev–Trinajstić information content (AvgIpc) is 2.30. The molecule has 1 rings (SSSR count). The van der Waals surface area contributed by atoms with Gasteiger partial charge in [0.25, 0.3) is 5.91 Å². The van der Waals surface area contributed by atoms with Crippen LogP contribution in [0.2, 0.25) is 5.02 Å². The molecular formula is C13H19ClN2O. The van der Waals surface area contributed by atoms with Crippen molar-refractivity contribution in [3.05, 3.63) is 28.8 Å². The second-order valence-corrected chi connectivity index (χ2v) is 4.66. The molecule has 0 heterocycles. The van der Waals surface area contributed by atoms with Crippen LogP contribution in [0.15, 0.2) is 18.2 Å². The van der Waals surface area contributed by atoms with Gasteiger partial charge >= 0.3 is 0 Å². The summed E-state index contributed by atoms with van der Waals surface area (Å²) in [5, 5.41) is 3.35. The smallest absolute Gasteiger partial charge is 0.251 e. The summed E-state index contributed by atoms with van der Waals surface area (Å²) >= 11 is 5.87. The summed E-state index contributed by atoms with van der Waals surface area (Å²) < 4.78 is 0. The molecule has 0 aliphatic carbocycles. The first-order chi connectivity index (χ1) is 8.04. The van der Waals surface area contributed by atoms with E-state index in [-0.39, 0.29) is 11.9 Å². The zero-order chi connectivity index (χ0) is 12.8. The lowest BCUT2D eigenvalue weighted by atomic mass is 10.1.